The molecule has 0 bridgehead atoms. The first-order valence-corrected chi connectivity index (χ1v) is 10.2. The normalized spacial score (nSPS) is 10.7. The first-order valence-electron chi connectivity index (χ1n) is 8.30. The fourth-order valence-corrected chi connectivity index (χ4v) is 3.37. The molecule has 0 heterocycles. The molecule has 0 aromatic heterocycles. The molecule has 0 atom stereocenters. The summed E-state index contributed by atoms with van der Waals surface area (Å²) in [5, 5.41) is 3.70. The summed E-state index contributed by atoms with van der Waals surface area (Å²) in [5.74, 6) is 0.408. The van der Waals surface area contributed by atoms with Gasteiger partial charge in [0.1, 0.15) is 5.75 Å². The molecule has 0 radical (unpaired) electrons. The number of rotatable bonds is 8. The number of ether oxygens (including phenoxy) is 1. The van der Waals surface area contributed by atoms with E-state index in [-0.39, 0.29) is 5.91 Å². The van der Waals surface area contributed by atoms with Gasteiger partial charge in [-0.1, -0.05) is 61.0 Å². The zero-order chi connectivity index (χ0) is 19.1. The number of hydrogen-bond acceptors (Lipinski definition) is 2. The average Bonchev–Trinajstić information content (AvgIpc) is 2.60. The second kappa shape index (κ2) is 10.4. The van der Waals surface area contributed by atoms with Crippen LogP contribution >= 0.6 is 50.7 Å². The summed E-state index contributed by atoms with van der Waals surface area (Å²) in [5.41, 5.74) is 0.871. The Kier molecular flexibility index (Phi) is 8.55. The molecular formula is C19H19BrCl3NO2. The number of anilines is 1. The highest BCUT2D eigenvalue weighted by Crippen LogP contribution is 2.33. The third kappa shape index (κ3) is 6.05. The lowest BCUT2D eigenvalue weighted by Crippen LogP contribution is -2.12. The Hall–Kier alpha value is -0.940. The van der Waals surface area contributed by atoms with Crippen LogP contribution in [0.2, 0.25) is 15.1 Å². The van der Waals surface area contributed by atoms with Gasteiger partial charge < -0.3 is 10.1 Å². The Morgan fingerprint density at radius 1 is 1.04 bits per heavy atom. The highest BCUT2D eigenvalue weighted by atomic mass is 79.9. The van der Waals surface area contributed by atoms with Crippen molar-refractivity contribution >= 4 is 62.3 Å². The van der Waals surface area contributed by atoms with Crippen molar-refractivity contribution in [3.63, 3.8) is 0 Å². The minimum Gasteiger partial charge on any atom is -0.492 e. The van der Waals surface area contributed by atoms with Gasteiger partial charge in [0.15, 0.2) is 0 Å². The van der Waals surface area contributed by atoms with Gasteiger partial charge in [-0.3, -0.25) is 4.79 Å². The van der Waals surface area contributed by atoms with E-state index in [9.17, 15) is 4.79 Å². The average molecular weight is 480 g/mol. The van der Waals surface area contributed by atoms with Crippen molar-refractivity contribution in [3.8, 4) is 5.75 Å². The molecule has 0 unspecified atom stereocenters. The maximum absolute atomic E-state index is 12.5. The smallest absolute Gasteiger partial charge is 0.255 e. The number of hydrogen-bond donors (Lipinski definition) is 1. The molecule has 0 fully saturated rings. The highest BCUT2D eigenvalue weighted by molar-refractivity contribution is 9.10. The maximum atomic E-state index is 12.5. The van der Waals surface area contributed by atoms with E-state index in [2.05, 4.69) is 28.2 Å². The summed E-state index contributed by atoms with van der Waals surface area (Å²) in [4.78, 5) is 12.5. The van der Waals surface area contributed by atoms with Crippen LogP contribution in [0.4, 0.5) is 5.69 Å². The van der Waals surface area contributed by atoms with Gasteiger partial charge in [0, 0.05) is 5.56 Å². The van der Waals surface area contributed by atoms with Gasteiger partial charge in [0.05, 0.1) is 31.8 Å². The maximum Gasteiger partial charge on any atom is 0.255 e. The molecule has 3 nitrogen and oxygen atoms in total. The lowest BCUT2D eigenvalue weighted by Gasteiger charge is -2.11. The van der Waals surface area contributed by atoms with Crippen LogP contribution in [0.5, 0.6) is 5.75 Å². The first kappa shape index (κ1) is 21.4. The third-order valence-corrected chi connectivity index (χ3v) is 5.36. The fourth-order valence-electron chi connectivity index (χ4n) is 2.28. The van der Waals surface area contributed by atoms with E-state index in [0.29, 0.717) is 38.7 Å². The van der Waals surface area contributed by atoms with Gasteiger partial charge in [-0.25, -0.2) is 0 Å². The predicted octanol–water partition coefficient (Wildman–Crippen LogP) is 7.62. The van der Waals surface area contributed by atoms with E-state index in [1.54, 1.807) is 18.2 Å². The van der Waals surface area contributed by atoms with Crippen LogP contribution in [0.15, 0.2) is 34.8 Å². The fraction of sp³-hybridized carbons (Fsp3) is 0.316. The largest absolute Gasteiger partial charge is 0.492 e. The minimum absolute atomic E-state index is 0.305. The zero-order valence-electron chi connectivity index (χ0n) is 14.3. The first-order chi connectivity index (χ1) is 12.4. The molecule has 1 N–H and O–H groups in total. The molecule has 26 heavy (non-hydrogen) atoms. The second-order valence-electron chi connectivity index (χ2n) is 5.75. The molecule has 0 aliphatic heterocycles. The SMILES string of the molecule is CCCCCCOc1ccc(C(=O)Nc2cc(Cl)c(Cl)cc2Cl)cc1Br. The molecule has 1 amide bonds. The standard InChI is InChI=1S/C19H19BrCl3NO2/c1-2-3-4-5-8-26-18-7-6-12(9-13(18)20)19(25)24-17-11-15(22)14(21)10-16(17)23/h6-7,9-11H,2-5,8H2,1H3,(H,24,25). The van der Waals surface area contributed by atoms with Gasteiger partial charge in [-0.05, 0) is 52.7 Å². The van der Waals surface area contributed by atoms with Gasteiger partial charge in [-0.15, -0.1) is 0 Å². The van der Waals surface area contributed by atoms with E-state index in [1.807, 2.05) is 0 Å². The van der Waals surface area contributed by atoms with E-state index in [1.165, 1.54) is 25.0 Å². The Morgan fingerprint density at radius 2 is 1.77 bits per heavy atom. The van der Waals surface area contributed by atoms with Crippen molar-refractivity contribution in [1.29, 1.82) is 0 Å². The van der Waals surface area contributed by atoms with Crippen LogP contribution in [0.25, 0.3) is 0 Å². The monoisotopic (exact) mass is 477 g/mol. The molecule has 0 saturated carbocycles. The summed E-state index contributed by atoms with van der Waals surface area (Å²) in [6.45, 7) is 2.83. The summed E-state index contributed by atoms with van der Waals surface area (Å²) in [6, 6.07) is 8.20. The van der Waals surface area contributed by atoms with E-state index in [4.69, 9.17) is 39.5 Å². The van der Waals surface area contributed by atoms with Crippen molar-refractivity contribution in [2.75, 3.05) is 11.9 Å². The van der Waals surface area contributed by atoms with Crippen molar-refractivity contribution < 1.29 is 9.53 Å². The van der Waals surface area contributed by atoms with Gasteiger partial charge in [0.25, 0.3) is 5.91 Å². The van der Waals surface area contributed by atoms with Crippen LogP contribution in [0.1, 0.15) is 43.0 Å². The Morgan fingerprint density at radius 3 is 2.46 bits per heavy atom. The number of unbranched alkanes of at least 4 members (excludes halogenated alkanes) is 3. The topological polar surface area (TPSA) is 38.3 Å². The molecular weight excluding hydrogens is 460 g/mol. The molecule has 2 aromatic rings. The van der Waals surface area contributed by atoms with Gasteiger partial charge >= 0.3 is 0 Å². The summed E-state index contributed by atoms with van der Waals surface area (Å²) in [7, 11) is 0. The molecule has 0 saturated heterocycles. The van der Waals surface area contributed by atoms with Crippen LogP contribution in [-0.2, 0) is 0 Å². The second-order valence-corrected chi connectivity index (χ2v) is 7.83. The number of halogens is 4. The Labute approximate surface area is 177 Å². The lowest BCUT2D eigenvalue weighted by molar-refractivity contribution is 0.102. The highest BCUT2D eigenvalue weighted by Gasteiger charge is 2.13. The van der Waals surface area contributed by atoms with Crippen LogP contribution in [0.3, 0.4) is 0 Å². The predicted molar refractivity (Wildman–Crippen MR) is 113 cm³/mol. The van der Waals surface area contributed by atoms with E-state index in [0.717, 1.165) is 17.3 Å². The molecule has 0 spiro atoms. The van der Waals surface area contributed by atoms with Crippen molar-refractivity contribution in [3.05, 3.63) is 55.4 Å². The summed E-state index contributed by atoms with van der Waals surface area (Å²) >= 11 is 21.4. The van der Waals surface area contributed by atoms with Crippen molar-refractivity contribution in [2.24, 2.45) is 0 Å². The van der Waals surface area contributed by atoms with E-state index < -0.39 is 0 Å². The number of nitrogens with one attached hydrogen (secondary N) is 1. The Bertz CT molecular complexity index is 784. The summed E-state index contributed by atoms with van der Waals surface area (Å²) in [6.07, 6.45) is 4.56. The number of benzene rings is 2. The molecule has 2 aromatic carbocycles. The molecule has 0 aliphatic carbocycles. The van der Waals surface area contributed by atoms with Gasteiger partial charge in [-0.2, -0.15) is 0 Å². The molecule has 0 aliphatic rings. The van der Waals surface area contributed by atoms with Crippen LogP contribution in [0, 0.1) is 0 Å². The zero-order valence-corrected chi connectivity index (χ0v) is 18.1. The van der Waals surface area contributed by atoms with Crippen LogP contribution < -0.4 is 10.1 Å². The van der Waals surface area contributed by atoms with Crippen molar-refractivity contribution in [2.45, 2.75) is 32.6 Å². The number of carbonyl (C=O) groups excluding carboxylic acids is 1. The minimum atomic E-state index is -0.305. The van der Waals surface area contributed by atoms with Gasteiger partial charge in [0.2, 0.25) is 0 Å². The Balaban J connectivity index is 2.01. The third-order valence-electron chi connectivity index (χ3n) is 3.71. The quantitative estimate of drug-likeness (QED) is 0.312. The van der Waals surface area contributed by atoms with E-state index >= 15 is 0 Å². The van der Waals surface area contributed by atoms with Crippen molar-refractivity contribution in [1.82, 2.24) is 0 Å². The molecule has 140 valence electrons. The number of carbonyl (C=O) groups is 1. The van der Waals surface area contributed by atoms with Crippen LogP contribution in [-0.4, -0.2) is 12.5 Å². The summed E-state index contributed by atoms with van der Waals surface area (Å²) < 4.78 is 6.48. The lowest BCUT2D eigenvalue weighted by atomic mass is 10.2. The molecule has 7 heteroatoms. The number of amides is 1. The molecule has 2 rings (SSSR count).